The number of aliphatic hydroxyl groups is 1. The van der Waals surface area contributed by atoms with Crippen LogP contribution >= 0.6 is 0 Å². The largest absolute Gasteiger partial charge is 0.390 e. The molecule has 1 aliphatic heterocycles. The summed E-state index contributed by atoms with van der Waals surface area (Å²) in [7, 11) is 0. The first-order valence-electron chi connectivity index (χ1n) is 13.6. The Labute approximate surface area is 226 Å². The van der Waals surface area contributed by atoms with E-state index in [2.05, 4.69) is 15.3 Å². The van der Waals surface area contributed by atoms with Crippen LogP contribution in [0, 0.1) is 22.7 Å². The van der Waals surface area contributed by atoms with Crippen LogP contribution in [0.25, 0.3) is 0 Å². The zero-order chi connectivity index (χ0) is 28.0. The van der Waals surface area contributed by atoms with Crippen LogP contribution < -0.4 is 5.32 Å². The Hall–Kier alpha value is -2.82. The second-order valence-electron chi connectivity index (χ2n) is 12.5. The molecule has 4 unspecified atom stereocenters. The number of fused-ring (bicyclic) bond motifs is 7. The van der Waals surface area contributed by atoms with Gasteiger partial charge in [0.1, 0.15) is 5.69 Å². The van der Waals surface area contributed by atoms with Crippen LogP contribution in [-0.4, -0.2) is 68.4 Å². The van der Waals surface area contributed by atoms with E-state index >= 15 is 4.39 Å². The lowest BCUT2D eigenvalue weighted by atomic mass is 9.44. The van der Waals surface area contributed by atoms with Gasteiger partial charge in [0, 0.05) is 29.1 Å². The molecule has 0 spiro atoms. The fraction of sp³-hybridized carbons (Fsp3) is 0.621. The highest BCUT2D eigenvalue weighted by Gasteiger charge is 2.80. The zero-order valence-electron chi connectivity index (χ0n) is 22.6. The minimum Gasteiger partial charge on any atom is -0.390 e. The third kappa shape index (κ3) is 3.37. The average molecular weight is 540 g/mol. The third-order valence-corrected chi connectivity index (χ3v) is 10.3. The first kappa shape index (κ1) is 26.4. The molecule has 9 nitrogen and oxygen atoms in total. The standard InChI is InChI=1S/C29H34FN3O6/c1-25(2)38-23-12-19-18-6-5-16-11-17(34)7-8-26(16,3)28(18,30)21(35)13-27(19,4)29(23,39-25)22(36)15-33-24(37)20-14-31-9-10-32-20/h7-11,14,18-19,21,23,35H,5-6,12-13,15H2,1-4H3,(H,33,37)/t18?,19?,21-,23+,26?,27?,28-,29+/m0/s1. The van der Waals surface area contributed by atoms with E-state index in [-0.39, 0.29) is 36.1 Å². The van der Waals surface area contributed by atoms with Crippen molar-refractivity contribution in [2.24, 2.45) is 22.7 Å². The summed E-state index contributed by atoms with van der Waals surface area (Å²) in [5.74, 6) is -3.12. The molecule has 39 heavy (non-hydrogen) atoms. The number of allylic oxidation sites excluding steroid dienone is 4. The number of carbonyl (C=O) groups excluding carboxylic acids is 3. The number of Topliss-reactive ketones (excluding diaryl/α,β-unsaturated/α-hetero) is 1. The smallest absolute Gasteiger partial charge is 0.271 e. The van der Waals surface area contributed by atoms with Gasteiger partial charge in [-0.15, -0.1) is 0 Å². The second kappa shape index (κ2) is 8.34. The summed E-state index contributed by atoms with van der Waals surface area (Å²) < 4.78 is 30.2. The molecule has 0 aromatic carbocycles. The van der Waals surface area contributed by atoms with Crippen molar-refractivity contribution in [2.75, 3.05) is 6.54 Å². The summed E-state index contributed by atoms with van der Waals surface area (Å²) in [6.07, 6.45) is 7.85. The van der Waals surface area contributed by atoms with E-state index in [0.717, 1.165) is 0 Å². The minimum atomic E-state index is -2.03. The molecule has 208 valence electrons. The predicted molar refractivity (Wildman–Crippen MR) is 136 cm³/mol. The average Bonchev–Trinajstić information content (AvgIpc) is 3.30. The van der Waals surface area contributed by atoms with Crippen molar-refractivity contribution in [1.29, 1.82) is 0 Å². The van der Waals surface area contributed by atoms with Crippen molar-refractivity contribution < 1.29 is 33.4 Å². The Bertz CT molecular complexity index is 1320. The number of carbonyl (C=O) groups is 3. The molecular weight excluding hydrogens is 505 g/mol. The minimum absolute atomic E-state index is 0.0326. The number of aromatic nitrogens is 2. The molecular formula is C29H34FN3O6. The number of hydrogen-bond acceptors (Lipinski definition) is 8. The second-order valence-corrected chi connectivity index (χ2v) is 12.5. The highest BCUT2D eigenvalue weighted by molar-refractivity contribution is 6.01. The summed E-state index contributed by atoms with van der Waals surface area (Å²) >= 11 is 0. The van der Waals surface area contributed by atoms with Gasteiger partial charge in [-0.1, -0.05) is 18.6 Å². The molecule has 1 amide bonds. The summed E-state index contributed by atoms with van der Waals surface area (Å²) in [4.78, 5) is 46.7. The molecule has 6 rings (SSSR count). The number of aliphatic hydroxyl groups excluding tert-OH is 1. The number of ether oxygens (including phenoxy) is 2. The van der Waals surface area contributed by atoms with Gasteiger partial charge in [0.25, 0.3) is 5.91 Å². The summed E-state index contributed by atoms with van der Waals surface area (Å²) in [5, 5.41) is 14.3. The van der Waals surface area contributed by atoms with Crippen LogP contribution in [0.1, 0.15) is 63.9 Å². The maximum absolute atomic E-state index is 17.5. The summed E-state index contributed by atoms with van der Waals surface area (Å²) in [5.41, 5.74) is -4.85. The van der Waals surface area contributed by atoms with Crippen molar-refractivity contribution in [3.05, 3.63) is 48.1 Å². The van der Waals surface area contributed by atoms with Crippen LogP contribution in [0.4, 0.5) is 4.39 Å². The zero-order valence-corrected chi connectivity index (χ0v) is 22.6. The number of amides is 1. The van der Waals surface area contributed by atoms with Crippen molar-refractivity contribution in [2.45, 2.75) is 82.6 Å². The topological polar surface area (TPSA) is 128 Å². The highest BCUT2D eigenvalue weighted by Crippen LogP contribution is 2.72. The predicted octanol–water partition coefficient (Wildman–Crippen LogP) is 2.65. The molecule has 2 N–H and O–H groups in total. The molecule has 0 radical (unpaired) electrons. The SMILES string of the molecule is CC1(C)O[C@@H]2CC3C4CCC5=CC(=O)C=CC5(C)[C@@]4(F)[C@@H](O)CC3(C)[C@]2(C(=O)CNC(=O)c2cnccn2)O1. The normalized spacial score (nSPS) is 43.5. The Morgan fingerprint density at radius 1 is 1.21 bits per heavy atom. The summed E-state index contributed by atoms with van der Waals surface area (Å²) in [6.45, 7) is 6.77. The van der Waals surface area contributed by atoms with Crippen molar-refractivity contribution in [3.8, 4) is 0 Å². The Balaban J connectivity index is 1.36. The van der Waals surface area contributed by atoms with Crippen LogP contribution in [0.3, 0.4) is 0 Å². The van der Waals surface area contributed by atoms with Crippen LogP contribution in [-0.2, 0) is 19.1 Å². The van der Waals surface area contributed by atoms with Gasteiger partial charge in [0.15, 0.2) is 28.6 Å². The number of nitrogens with zero attached hydrogens (tertiary/aromatic N) is 2. The van der Waals surface area contributed by atoms with E-state index in [1.807, 2.05) is 6.92 Å². The highest BCUT2D eigenvalue weighted by atomic mass is 19.1. The molecule has 5 aliphatic rings. The van der Waals surface area contributed by atoms with Crippen LogP contribution in [0.5, 0.6) is 0 Å². The van der Waals surface area contributed by atoms with E-state index < -0.39 is 51.9 Å². The first-order chi connectivity index (χ1) is 18.3. The van der Waals surface area contributed by atoms with Crippen molar-refractivity contribution >= 4 is 17.5 Å². The molecule has 2 heterocycles. The number of nitrogens with one attached hydrogen (secondary N) is 1. The molecule has 3 saturated carbocycles. The molecule has 4 aliphatic carbocycles. The molecule has 1 aromatic rings. The van der Waals surface area contributed by atoms with Gasteiger partial charge in [-0.2, -0.15) is 0 Å². The number of rotatable bonds is 4. The number of hydrogen-bond donors (Lipinski definition) is 2. The quantitative estimate of drug-likeness (QED) is 0.598. The monoisotopic (exact) mass is 539 g/mol. The summed E-state index contributed by atoms with van der Waals surface area (Å²) in [6, 6.07) is 0. The maximum atomic E-state index is 17.5. The number of halogens is 1. The Morgan fingerprint density at radius 3 is 2.69 bits per heavy atom. The molecule has 0 bridgehead atoms. The fourth-order valence-corrected chi connectivity index (χ4v) is 8.61. The molecule has 1 saturated heterocycles. The van der Waals surface area contributed by atoms with E-state index in [4.69, 9.17) is 9.47 Å². The van der Waals surface area contributed by atoms with E-state index in [9.17, 15) is 19.5 Å². The van der Waals surface area contributed by atoms with Gasteiger partial charge in [-0.05, 0) is 64.5 Å². The fourth-order valence-electron chi connectivity index (χ4n) is 8.61. The Morgan fingerprint density at radius 2 is 1.97 bits per heavy atom. The molecule has 8 atom stereocenters. The van der Waals surface area contributed by atoms with Gasteiger partial charge in [-0.25, -0.2) is 9.37 Å². The van der Waals surface area contributed by atoms with E-state index in [1.165, 1.54) is 30.7 Å². The lowest BCUT2D eigenvalue weighted by Crippen LogP contribution is -2.70. The lowest BCUT2D eigenvalue weighted by molar-refractivity contribution is -0.245. The van der Waals surface area contributed by atoms with Crippen LogP contribution in [0.15, 0.2) is 42.4 Å². The molecule has 1 aromatic heterocycles. The maximum Gasteiger partial charge on any atom is 0.271 e. The van der Waals surface area contributed by atoms with Crippen LogP contribution in [0.2, 0.25) is 0 Å². The third-order valence-electron chi connectivity index (χ3n) is 10.3. The number of alkyl halides is 1. The number of ketones is 2. The Kier molecular flexibility index (Phi) is 5.65. The van der Waals surface area contributed by atoms with Crippen molar-refractivity contribution in [3.63, 3.8) is 0 Å². The van der Waals surface area contributed by atoms with E-state index in [1.54, 1.807) is 26.8 Å². The van der Waals surface area contributed by atoms with Gasteiger partial charge in [-0.3, -0.25) is 19.4 Å². The molecule has 4 fully saturated rings. The first-order valence-corrected chi connectivity index (χ1v) is 13.6. The lowest BCUT2D eigenvalue weighted by Gasteiger charge is -2.62. The molecule has 10 heteroatoms. The van der Waals surface area contributed by atoms with Crippen molar-refractivity contribution in [1.82, 2.24) is 15.3 Å². The van der Waals surface area contributed by atoms with E-state index in [0.29, 0.717) is 24.8 Å². The van der Waals surface area contributed by atoms with Gasteiger partial charge >= 0.3 is 0 Å². The van der Waals surface area contributed by atoms with Gasteiger partial charge in [0.05, 0.1) is 24.9 Å². The van der Waals surface area contributed by atoms with Gasteiger partial charge < -0.3 is 19.9 Å². The van der Waals surface area contributed by atoms with Gasteiger partial charge in [0.2, 0.25) is 0 Å².